The summed E-state index contributed by atoms with van der Waals surface area (Å²) in [5.74, 6) is -0.247. The maximum Gasteiger partial charge on any atom is 0.123 e. The molecule has 2 aliphatic rings. The van der Waals surface area contributed by atoms with Gasteiger partial charge in [-0.05, 0) is 140 Å². The van der Waals surface area contributed by atoms with Crippen LogP contribution >= 0.6 is 0 Å². The van der Waals surface area contributed by atoms with Crippen LogP contribution in [-0.2, 0) is 0 Å². The van der Waals surface area contributed by atoms with Crippen LogP contribution in [0.15, 0.2) is 200 Å². The molecule has 6 bridgehead atoms. The van der Waals surface area contributed by atoms with Gasteiger partial charge >= 0.3 is 0 Å². The van der Waals surface area contributed by atoms with E-state index in [0.29, 0.717) is 0 Å². The second-order valence-electron chi connectivity index (χ2n) is 15.0. The summed E-state index contributed by atoms with van der Waals surface area (Å²) < 4.78 is 16.3. The van der Waals surface area contributed by atoms with E-state index in [1.54, 1.807) is 0 Å². The minimum atomic E-state index is -0.247. The van der Waals surface area contributed by atoms with E-state index in [0.717, 1.165) is 50.1 Å². The molecule has 0 fully saturated rings. The average Bonchev–Trinajstić information content (AvgIpc) is 3.54. The molecule has 1 heterocycles. The number of para-hydroxylation sites is 2. The summed E-state index contributed by atoms with van der Waals surface area (Å²) in [6.45, 7) is 0. The highest BCUT2D eigenvalue weighted by atomic mass is 19.1. The first-order chi connectivity index (χ1) is 28.2. The van der Waals surface area contributed by atoms with Crippen LogP contribution in [0.3, 0.4) is 0 Å². The molecule has 0 saturated carbocycles. The lowest BCUT2D eigenvalue weighted by Crippen LogP contribution is -2.10. The number of rotatable bonds is 5. The molecule has 2 nitrogen and oxygen atoms in total. The van der Waals surface area contributed by atoms with Crippen LogP contribution < -0.4 is 4.90 Å². The number of hydrogen-bond acceptors (Lipinski definition) is 1. The van der Waals surface area contributed by atoms with Gasteiger partial charge < -0.3 is 9.47 Å². The van der Waals surface area contributed by atoms with Crippen molar-refractivity contribution in [2.24, 2.45) is 0 Å². The van der Waals surface area contributed by atoms with E-state index in [2.05, 4.69) is 185 Å². The molecule has 3 heteroatoms. The standard InChI is InChI=1S/C54H33FN2/c55-36-23-27-39(28-24-36)57-51-19-7-6-13-43(51)44-31-29-40(33-52(44)57)56(37-10-2-1-3-11-37)38-25-20-34(21-26-38)35-22-30-42-47-16-9-17-48-49-18-8-15-46(54(49)50(42)32-35)41-12-4-5-14-45(41)53(47)48/h1-33H. The van der Waals surface area contributed by atoms with Gasteiger partial charge in [-0.25, -0.2) is 4.39 Å². The van der Waals surface area contributed by atoms with Gasteiger partial charge in [-0.3, -0.25) is 0 Å². The van der Waals surface area contributed by atoms with Gasteiger partial charge in [0.1, 0.15) is 5.82 Å². The van der Waals surface area contributed by atoms with Crippen molar-refractivity contribution in [2.75, 3.05) is 4.90 Å². The van der Waals surface area contributed by atoms with Gasteiger partial charge in [0, 0.05) is 33.5 Å². The zero-order valence-corrected chi connectivity index (χ0v) is 30.8. The van der Waals surface area contributed by atoms with Gasteiger partial charge in [0.2, 0.25) is 0 Å². The molecule has 10 aromatic rings. The lowest BCUT2D eigenvalue weighted by atomic mass is 9.83. The number of nitrogens with zero attached hydrogens (tertiary/aromatic N) is 2. The Morgan fingerprint density at radius 3 is 1.63 bits per heavy atom. The summed E-state index contributed by atoms with van der Waals surface area (Å²) in [5.41, 5.74) is 21.5. The van der Waals surface area contributed by atoms with Crippen LogP contribution in [0.5, 0.6) is 0 Å². The van der Waals surface area contributed by atoms with Crippen molar-refractivity contribution in [3.05, 3.63) is 206 Å². The van der Waals surface area contributed by atoms with E-state index in [-0.39, 0.29) is 5.82 Å². The Labute approximate surface area is 330 Å². The predicted octanol–water partition coefficient (Wildman–Crippen LogP) is 15.0. The smallest absolute Gasteiger partial charge is 0.123 e. The average molecular weight is 729 g/mol. The minimum Gasteiger partial charge on any atom is -0.310 e. The van der Waals surface area contributed by atoms with Crippen molar-refractivity contribution in [3.63, 3.8) is 0 Å². The number of fused-ring (bicyclic) bond motifs is 7. The van der Waals surface area contributed by atoms with Crippen LogP contribution in [0.1, 0.15) is 0 Å². The molecule has 0 saturated heterocycles. The maximum atomic E-state index is 14.1. The number of anilines is 3. The molecule has 57 heavy (non-hydrogen) atoms. The monoisotopic (exact) mass is 728 g/mol. The van der Waals surface area contributed by atoms with Crippen molar-refractivity contribution >= 4 is 38.9 Å². The fourth-order valence-electron chi connectivity index (χ4n) is 9.48. The number of benzene rings is 9. The molecule has 0 N–H and O–H groups in total. The number of aromatic nitrogens is 1. The van der Waals surface area contributed by atoms with E-state index < -0.39 is 0 Å². The Balaban J connectivity index is 0.993. The van der Waals surface area contributed by atoms with Crippen LogP contribution in [-0.4, -0.2) is 4.57 Å². The number of hydrogen-bond donors (Lipinski definition) is 0. The molecule has 266 valence electrons. The summed E-state index contributed by atoms with van der Waals surface area (Å²) in [6, 6.07) is 70.8. The van der Waals surface area contributed by atoms with Crippen molar-refractivity contribution in [2.45, 2.75) is 0 Å². The van der Waals surface area contributed by atoms with E-state index in [4.69, 9.17) is 0 Å². The van der Waals surface area contributed by atoms with Gasteiger partial charge in [-0.2, -0.15) is 0 Å². The van der Waals surface area contributed by atoms with E-state index >= 15 is 0 Å². The minimum absolute atomic E-state index is 0.247. The highest BCUT2D eigenvalue weighted by molar-refractivity contribution is 6.15. The van der Waals surface area contributed by atoms with Crippen LogP contribution in [0.25, 0.3) is 94.3 Å². The summed E-state index contributed by atoms with van der Waals surface area (Å²) >= 11 is 0. The summed E-state index contributed by atoms with van der Waals surface area (Å²) in [7, 11) is 0. The second kappa shape index (κ2) is 12.3. The third kappa shape index (κ3) is 4.76. The molecule has 9 aromatic carbocycles. The molecule has 0 aliphatic heterocycles. The molecule has 12 rings (SSSR count). The molecule has 0 unspecified atom stereocenters. The zero-order chi connectivity index (χ0) is 37.6. The molecule has 0 atom stereocenters. The fraction of sp³-hybridized carbons (Fsp3) is 0. The Hall–Kier alpha value is -7.49. The van der Waals surface area contributed by atoms with Crippen LogP contribution in [0.2, 0.25) is 0 Å². The van der Waals surface area contributed by atoms with E-state index in [1.807, 2.05) is 12.1 Å². The summed E-state index contributed by atoms with van der Waals surface area (Å²) in [4.78, 5) is 2.31. The van der Waals surface area contributed by atoms with Crippen molar-refractivity contribution in [1.82, 2.24) is 4.57 Å². The third-order valence-electron chi connectivity index (χ3n) is 12.0. The SMILES string of the molecule is Fc1ccc(-n2c3ccccc3c3ccc(N(c4ccccc4)c4ccc(-c5ccc6c(c5)-c5c7cccc5-c5cccc-6c5-c5ccccc5-7)cc4)cc32)cc1. The van der Waals surface area contributed by atoms with Gasteiger partial charge in [-0.1, -0.05) is 127 Å². The highest BCUT2D eigenvalue weighted by Crippen LogP contribution is 2.57. The fourth-order valence-corrected chi connectivity index (χ4v) is 9.48. The Morgan fingerprint density at radius 1 is 0.333 bits per heavy atom. The molecular formula is C54H33FN2. The topological polar surface area (TPSA) is 8.17 Å². The van der Waals surface area contributed by atoms with Crippen molar-refractivity contribution < 1.29 is 4.39 Å². The van der Waals surface area contributed by atoms with Crippen LogP contribution in [0.4, 0.5) is 21.5 Å². The van der Waals surface area contributed by atoms with Gasteiger partial charge in [0.15, 0.2) is 0 Å². The Kier molecular flexibility index (Phi) is 6.84. The normalized spacial score (nSPS) is 11.9. The van der Waals surface area contributed by atoms with E-state index in [1.165, 1.54) is 73.3 Å². The van der Waals surface area contributed by atoms with Crippen LogP contribution in [0, 0.1) is 5.82 Å². The lowest BCUT2D eigenvalue weighted by Gasteiger charge is -2.26. The van der Waals surface area contributed by atoms with Gasteiger partial charge in [-0.15, -0.1) is 0 Å². The highest BCUT2D eigenvalue weighted by Gasteiger charge is 2.30. The second-order valence-corrected chi connectivity index (χ2v) is 15.0. The first-order valence-electron chi connectivity index (χ1n) is 19.5. The van der Waals surface area contributed by atoms with Crippen molar-refractivity contribution in [3.8, 4) is 72.4 Å². The molecule has 2 aliphatic carbocycles. The largest absolute Gasteiger partial charge is 0.310 e. The molecule has 1 aromatic heterocycles. The summed E-state index contributed by atoms with van der Waals surface area (Å²) in [5, 5.41) is 2.31. The van der Waals surface area contributed by atoms with Gasteiger partial charge in [0.25, 0.3) is 0 Å². The van der Waals surface area contributed by atoms with E-state index in [9.17, 15) is 4.39 Å². The first-order valence-corrected chi connectivity index (χ1v) is 19.5. The molecule has 0 amide bonds. The van der Waals surface area contributed by atoms with Crippen molar-refractivity contribution in [1.29, 1.82) is 0 Å². The summed E-state index contributed by atoms with van der Waals surface area (Å²) in [6.07, 6.45) is 0. The third-order valence-corrected chi connectivity index (χ3v) is 12.0. The predicted molar refractivity (Wildman–Crippen MR) is 235 cm³/mol. The lowest BCUT2D eigenvalue weighted by molar-refractivity contribution is 0.627. The Morgan fingerprint density at radius 2 is 0.877 bits per heavy atom. The maximum absolute atomic E-state index is 14.1. The molecular weight excluding hydrogens is 696 g/mol. The number of halogens is 1. The molecule has 0 radical (unpaired) electrons. The van der Waals surface area contributed by atoms with Gasteiger partial charge in [0.05, 0.1) is 11.0 Å². The Bertz CT molecular complexity index is 3210. The first kappa shape index (κ1) is 31.8. The quantitative estimate of drug-likeness (QED) is 0.171. The zero-order valence-electron chi connectivity index (χ0n) is 30.8. The molecule has 0 spiro atoms.